The van der Waals surface area contributed by atoms with Crippen LogP contribution in [0.4, 0.5) is 0 Å². The number of rotatable bonds is 7. The van der Waals surface area contributed by atoms with E-state index in [1.54, 1.807) is 0 Å². The summed E-state index contributed by atoms with van der Waals surface area (Å²) in [6, 6.07) is 0. The monoisotopic (exact) mass is 246 g/mol. The minimum Gasteiger partial charge on any atom is -0.356 e. The van der Waals surface area contributed by atoms with Gasteiger partial charge in [0.25, 0.3) is 0 Å². The number of carbonyl (C=O) groups is 1. The van der Waals surface area contributed by atoms with E-state index < -0.39 is 0 Å². The van der Waals surface area contributed by atoms with E-state index in [1.807, 2.05) is 0 Å². The van der Waals surface area contributed by atoms with Gasteiger partial charge in [0.15, 0.2) is 0 Å². The van der Waals surface area contributed by atoms with Gasteiger partial charge in [-0.05, 0) is 45.3 Å². The highest BCUT2D eigenvalue weighted by Gasteiger charge is 2.09. The Morgan fingerprint density at radius 3 is 2.62 bits per heavy atom. The van der Waals surface area contributed by atoms with Gasteiger partial charge in [0, 0.05) is 18.8 Å². The third-order valence-electron chi connectivity index (χ3n) is 2.96. The highest BCUT2D eigenvalue weighted by molar-refractivity contribution is 6.17. The number of nitrogens with zero attached hydrogens (tertiary/aromatic N) is 1. The van der Waals surface area contributed by atoms with Gasteiger partial charge in [-0.2, -0.15) is 0 Å². The molecule has 1 rings (SSSR count). The number of hydrogen-bond donors (Lipinski definition) is 1. The summed E-state index contributed by atoms with van der Waals surface area (Å²) >= 11 is 5.52. The van der Waals surface area contributed by atoms with Gasteiger partial charge in [-0.3, -0.25) is 4.79 Å². The molecule has 0 unspecified atom stereocenters. The van der Waals surface area contributed by atoms with Crippen LogP contribution in [0.1, 0.15) is 38.5 Å². The Bertz CT molecular complexity index is 193. The molecule has 4 heteroatoms. The summed E-state index contributed by atoms with van der Waals surface area (Å²) in [6.45, 7) is 4.40. The number of halogens is 1. The third kappa shape index (κ3) is 6.33. The Labute approximate surface area is 104 Å². The van der Waals surface area contributed by atoms with Crippen molar-refractivity contribution in [1.82, 2.24) is 10.2 Å². The van der Waals surface area contributed by atoms with Crippen LogP contribution >= 0.6 is 11.6 Å². The van der Waals surface area contributed by atoms with Gasteiger partial charge in [-0.15, -0.1) is 11.6 Å². The van der Waals surface area contributed by atoms with Crippen molar-refractivity contribution in [3.8, 4) is 0 Å². The van der Waals surface area contributed by atoms with Crippen molar-refractivity contribution in [2.75, 3.05) is 32.1 Å². The molecule has 3 nitrogen and oxygen atoms in total. The fourth-order valence-corrected chi connectivity index (χ4v) is 2.16. The van der Waals surface area contributed by atoms with Crippen molar-refractivity contribution in [3.63, 3.8) is 0 Å². The lowest BCUT2D eigenvalue weighted by Gasteiger charge is -2.26. The lowest BCUT2D eigenvalue weighted by atomic mass is 10.1. The summed E-state index contributed by atoms with van der Waals surface area (Å²) in [5, 5.41) is 2.93. The quantitative estimate of drug-likeness (QED) is 0.551. The summed E-state index contributed by atoms with van der Waals surface area (Å²) in [5.74, 6) is 0.709. The molecule has 0 aromatic rings. The molecule has 1 aliphatic rings. The highest BCUT2D eigenvalue weighted by Crippen LogP contribution is 2.08. The molecule has 0 aromatic carbocycles. The van der Waals surface area contributed by atoms with Crippen LogP contribution in [0.5, 0.6) is 0 Å². The number of likely N-dealkylation sites (tertiary alicyclic amines) is 1. The first-order valence-electron chi connectivity index (χ1n) is 6.38. The first-order valence-corrected chi connectivity index (χ1v) is 6.91. The zero-order valence-electron chi connectivity index (χ0n) is 10.0. The molecule has 94 valence electrons. The second-order valence-corrected chi connectivity index (χ2v) is 4.78. The van der Waals surface area contributed by atoms with Crippen molar-refractivity contribution in [2.24, 2.45) is 0 Å². The van der Waals surface area contributed by atoms with E-state index in [0.717, 1.165) is 25.9 Å². The van der Waals surface area contributed by atoms with Crippen LogP contribution in [-0.2, 0) is 4.79 Å². The van der Waals surface area contributed by atoms with Crippen molar-refractivity contribution >= 4 is 17.5 Å². The predicted octanol–water partition coefficient (Wildman–Crippen LogP) is 2.00. The molecule has 1 heterocycles. The van der Waals surface area contributed by atoms with Crippen LogP contribution in [0.3, 0.4) is 0 Å². The van der Waals surface area contributed by atoms with Gasteiger partial charge in [0.05, 0.1) is 0 Å². The number of alkyl halides is 1. The van der Waals surface area contributed by atoms with E-state index in [2.05, 4.69) is 10.2 Å². The van der Waals surface area contributed by atoms with Crippen molar-refractivity contribution in [3.05, 3.63) is 0 Å². The molecular weight excluding hydrogens is 224 g/mol. The van der Waals surface area contributed by atoms with Crippen LogP contribution in [-0.4, -0.2) is 42.9 Å². The molecule has 1 saturated heterocycles. The van der Waals surface area contributed by atoms with E-state index in [9.17, 15) is 4.79 Å². The van der Waals surface area contributed by atoms with E-state index in [1.165, 1.54) is 32.4 Å². The summed E-state index contributed by atoms with van der Waals surface area (Å²) in [5.41, 5.74) is 0. The van der Waals surface area contributed by atoms with Crippen LogP contribution < -0.4 is 5.32 Å². The molecule has 0 atom stereocenters. The van der Waals surface area contributed by atoms with Crippen LogP contribution in [0.15, 0.2) is 0 Å². The lowest BCUT2D eigenvalue weighted by Crippen LogP contribution is -2.33. The number of carbonyl (C=O) groups excluding carboxylic acids is 1. The number of nitrogens with one attached hydrogen (secondary N) is 1. The molecule has 1 N–H and O–H groups in total. The van der Waals surface area contributed by atoms with Gasteiger partial charge in [-0.25, -0.2) is 0 Å². The third-order valence-corrected chi connectivity index (χ3v) is 3.23. The summed E-state index contributed by atoms with van der Waals surface area (Å²) in [7, 11) is 0. The van der Waals surface area contributed by atoms with Gasteiger partial charge in [0.1, 0.15) is 0 Å². The second kappa shape index (κ2) is 8.82. The Balaban J connectivity index is 1.92. The predicted molar refractivity (Wildman–Crippen MR) is 67.9 cm³/mol. The van der Waals surface area contributed by atoms with Crippen molar-refractivity contribution < 1.29 is 4.79 Å². The molecular formula is C12H23ClN2O. The van der Waals surface area contributed by atoms with Crippen molar-refractivity contribution in [1.29, 1.82) is 0 Å². The van der Waals surface area contributed by atoms with Crippen molar-refractivity contribution in [2.45, 2.75) is 38.5 Å². The summed E-state index contributed by atoms with van der Waals surface area (Å²) < 4.78 is 0. The average Bonchev–Trinajstić information content (AvgIpc) is 2.33. The number of piperidine rings is 1. The SMILES string of the molecule is O=C(CCCCl)NCCCN1CCCCC1. The minimum atomic E-state index is 0.138. The second-order valence-electron chi connectivity index (χ2n) is 4.40. The van der Waals surface area contributed by atoms with Crippen LogP contribution in [0.25, 0.3) is 0 Å². The van der Waals surface area contributed by atoms with Gasteiger partial charge in [-0.1, -0.05) is 6.42 Å². The molecule has 1 aliphatic heterocycles. The first-order chi connectivity index (χ1) is 7.83. The van der Waals surface area contributed by atoms with E-state index in [0.29, 0.717) is 12.3 Å². The average molecular weight is 247 g/mol. The first kappa shape index (κ1) is 13.8. The summed E-state index contributed by atoms with van der Waals surface area (Å²) in [4.78, 5) is 13.8. The fourth-order valence-electron chi connectivity index (χ4n) is 2.03. The number of hydrogen-bond acceptors (Lipinski definition) is 2. The Morgan fingerprint density at radius 2 is 1.94 bits per heavy atom. The molecule has 0 spiro atoms. The normalized spacial score (nSPS) is 17.3. The smallest absolute Gasteiger partial charge is 0.220 e. The van der Waals surface area contributed by atoms with E-state index in [4.69, 9.17) is 11.6 Å². The minimum absolute atomic E-state index is 0.138. The topological polar surface area (TPSA) is 32.3 Å². The fraction of sp³-hybridized carbons (Fsp3) is 0.917. The highest BCUT2D eigenvalue weighted by atomic mass is 35.5. The van der Waals surface area contributed by atoms with Gasteiger partial charge in [0.2, 0.25) is 5.91 Å². The van der Waals surface area contributed by atoms with Crippen LogP contribution in [0.2, 0.25) is 0 Å². The molecule has 16 heavy (non-hydrogen) atoms. The van der Waals surface area contributed by atoms with Gasteiger partial charge < -0.3 is 10.2 Å². The molecule has 0 radical (unpaired) electrons. The molecule has 0 aromatic heterocycles. The lowest BCUT2D eigenvalue weighted by molar-refractivity contribution is -0.121. The Hall–Kier alpha value is -0.280. The van der Waals surface area contributed by atoms with Gasteiger partial charge >= 0.3 is 0 Å². The molecule has 0 saturated carbocycles. The maximum absolute atomic E-state index is 11.3. The van der Waals surface area contributed by atoms with E-state index in [-0.39, 0.29) is 5.91 Å². The standard InChI is InChI=1S/C12H23ClN2O/c13-7-4-6-12(16)14-8-5-11-15-9-2-1-3-10-15/h1-11H2,(H,14,16). The molecule has 1 amide bonds. The molecule has 1 fully saturated rings. The largest absolute Gasteiger partial charge is 0.356 e. The Morgan fingerprint density at radius 1 is 1.19 bits per heavy atom. The maximum Gasteiger partial charge on any atom is 0.220 e. The number of amides is 1. The zero-order valence-corrected chi connectivity index (χ0v) is 10.8. The zero-order chi connectivity index (χ0) is 11.6. The summed E-state index contributed by atoms with van der Waals surface area (Å²) in [6.07, 6.45) is 6.45. The van der Waals surface area contributed by atoms with E-state index >= 15 is 0 Å². The molecule has 0 bridgehead atoms. The molecule has 0 aliphatic carbocycles. The Kier molecular flexibility index (Phi) is 7.60. The van der Waals surface area contributed by atoms with Crippen LogP contribution in [0, 0.1) is 0 Å². The maximum atomic E-state index is 11.3.